The molecule has 1 fully saturated rings. The molecule has 0 aromatic rings. The van der Waals surface area contributed by atoms with Gasteiger partial charge in [0.1, 0.15) is 5.78 Å². The topological polar surface area (TPSA) is 34.1 Å². The molecule has 1 aliphatic heterocycles. The smallest absolute Gasteiger partial charge is 0.165 e. The van der Waals surface area contributed by atoms with Gasteiger partial charge in [-0.25, -0.2) is 0 Å². The Bertz CT molecular complexity index is 697. The molecule has 2 nitrogen and oxygen atoms in total. The summed E-state index contributed by atoms with van der Waals surface area (Å²) in [5.74, 6) is 0.0354. The first-order valence-electron chi connectivity index (χ1n) is 11.5. The fraction of sp³-hybridized carbons (Fsp3) is 0.750. The Kier molecular flexibility index (Phi) is 9.13. The third-order valence-electron chi connectivity index (χ3n) is 6.86. The van der Waals surface area contributed by atoms with Crippen molar-refractivity contribution in [3.63, 3.8) is 0 Å². The minimum atomic E-state index is -0.268. The number of fused-ring (bicyclic) bond motifs is 2. The van der Waals surface area contributed by atoms with Crippen LogP contribution in [0.15, 0.2) is 20.5 Å². The molecule has 2 aliphatic carbocycles. The number of hydrogen-bond donors (Lipinski definition) is 0. The SMILES string of the molecule is CCCCCCC1=C(CCCCCC)CC2C(=O)C3C(=C(Br)SC3Br)C(=O)C2C1. The third kappa shape index (κ3) is 5.31. The van der Waals surface area contributed by atoms with E-state index in [1.165, 1.54) is 62.5 Å². The molecule has 0 aromatic heterocycles. The average Bonchev–Trinajstić information content (AvgIpc) is 3.01. The molecule has 0 radical (unpaired) electrons. The lowest BCUT2D eigenvalue weighted by atomic mass is 9.62. The van der Waals surface area contributed by atoms with Gasteiger partial charge in [-0.2, -0.15) is 0 Å². The predicted molar refractivity (Wildman–Crippen MR) is 131 cm³/mol. The molecule has 1 heterocycles. The number of Topliss-reactive ketones (excluding diaryl/α,β-unsaturated/α-hetero) is 2. The van der Waals surface area contributed by atoms with Gasteiger partial charge in [0.05, 0.1) is 13.9 Å². The van der Waals surface area contributed by atoms with Gasteiger partial charge in [-0.15, -0.1) is 11.8 Å². The minimum absolute atomic E-state index is 0.00306. The summed E-state index contributed by atoms with van der Waals surface area (Å²) in [7, 11) is 0. The first-order chi connectivity index (χ1) is 14.0. The fourth-order valence-electron chi connectivity index (χ4n) is 5.20. The summed E-state index contributed by atoms with van der Waals surface area (Å²) in [6.45, 7) is 4.49. The van der Waals surface area contributed by atoms with Gasteiger partial charge in [-0.1, -0.05) is 79.4 Å². The second kappa shape index (κ2) is 11.1. The van der Waals surface area contributed by atoms with Crippen molar-refractivity contribution in [3.8, 4) is 0 Å². The van der Waals surface area contributed by atoms with Crippen molar-refractivity contribution in [1.82, 2.24) is 0 Å². The molecule has 0 aromatic carbocycles. The number of alkyl halides is 1. The first-order valence-corrected chi connectivity index (χ1v) is 14.1. The Morgan fingerprint density at radius 2 is 1.41 bits per heavy atom. The van der Waals surface area contributed by atoms with E-state index in [1.807, 2.05) is 0 Å². The zero-order chi connectivity index (χ0) is 21.0. The van der Waals surface area contributed by atoms with Crippen LogP contribution < -0.4 is 0 Å². The van der Waals surface area contributed by atoms with Gasteiger partial charge in [0.25, 0.3) is 0 Å². The number of carbonyl (C=O) groups is 2. The van der Waals surface area contributed by atoms with Crippen LogP contribution in [-0.4, -0.2) is 15.7 Å². The minimum Gasteiger partial charge on any atom is -0.299 e. The monoisotopic (exact) mass is 544 g/mol. The summed E-state index contributed by atoms with van der Waals surface area (Å²) in [5, 5.41) is 0. The highest BCUT2D eigenvalue weighted by molar-refractivity contribution is 9.15. The van der Waals surface area contributed by atoms with Crippen LogP contribution >= 0.6 is 43.6 Å². The highest BCUT2D eigenvalue weighted by Gasteiger charge is 2.53. The van der Waals surface area contributed by atoms with E-state index in [9.17, 15) is 9.59 Å². The molecular weight excluding hydrogens is 512 g/mol. The molecule has 0 bridgehead atoms. The molecule has 4 atom stereocenters. The summed E-state index contributed by atoms with van der Waals surface area (Å²) in [4.78, 5) is 26.8. The van der Waals surface area contributed by atoms with Crippen LogP contribution in [0.3, 0.4) is 0 Å². The van der Waals surface area contributed by atoms with Gasteiger partial charge in [0, 0.05) is 17.4 Å². The van der Waals surface area contributed by atoms with E-state index in [1.54, 1.807) is 11.8 Å². The van der Waals surface area contributed by atoms with Gasteiger partial charge in [-0.3, -0.25) is 9.59 Å². The molecule has 29 heavy (non-hydrogen) atoms. The van der Waals surface area contributed by atoms with E-state index in [4.69, 9.17) is 0 Å². The van der Waals surface area contributed by atoms with Gasteiger partial charge >= 0.3 is 0 Å². The molecule has 3 rings (SSSR count). The lowest BCUT2D eigenvalue weighted by Gasteiger charge is -2.39. The van der Waals surface area contributed by atoms with Crippen LogP contribution in [0.1, 0.15) is 90.9 Å². The molecule has 1 saturated carbocycles. The Morgan fingerprint density at radius 3 is 1.97 bits per heavy atom. The maximum atomic E-state index is 13.4. The quantitative estimate of drug-likeness (QED) is 0.158. The number of hydrogen-bond acceptors (Lipinski definition) is 3. The van der Waals surface area contributed by atoms with E-state index < -0.39 is 0 Å². The first kappa shape index (κ1) is 23.8. The Labute approximate surface area is 197 Å². The van der Waals surface area contributed by atoms with Crippen molar-refractivity contribution >= 4 is 55.2 Å². The van der Waals surface area contributed by atoms with Crippen molar-refractivity contribution in [2.75, 3.05) is 0 Å². The largest absolute Gasteiger partial charge is 0.299 e. The maximum Gasteiger partial charge on any atom is 0.165 e. The average molecular weight is 546 g/mol. The van der Waals surface area contributed by atoms with Crippen molar-refractivity contribution in [3.05, 3.63) is 20.5 Å². The summed E-state index contributed by atoms with van der Waals surface area (Å²) < 4.78 is 0.872. The van der Waals surface area contributed by atoms with Gasteiger partial charge in [-0.05, 0) is 54.5 Å². The van der Waals surface area contributed by atoms with E-state index in [-0.39, 0.29) is 27.7 Å². The van der Waals surface area contributed by atoms with Gasteiger partial charge in [0.15, 0.2) is 5.78 Å². The van der Waals surface area contributed by atoms with Crippen LogP contribution in [0.4, 0.5) is 0 Å². The van der Waals surface area contributed by atoms with Crippen LogP contribution in [0.2, 0.25) is 0 Å². The van der Waals surface area contributed by atoms with E-state index >= 15 is 0 Å². The number of unbranched alkanes of at least 4 members (excludes halogenated alkanes) is 6. The lowest BCUT2D eigenvalue weighted by Crippen LogP contribution is -2.45. The second-order valence-corrected chi connectivity index (χ2v) is 12.9. The molecular formula is C24H34Br2O2S. The number of thioether (sulfide) groups is 1. The Balaban J connectivity index is 1.80. The Hall–Kier alpha value is 0.130. The number of carbonyl (C=O) groups excluding carboxylic acids is 2. The van der Waals surface area contributed by atoms with Crippen LogP contribution in [0, 0.1) is 17.8 Å². The summed E-state index contributed by atoms with van der Waals surface area (Å²) >= 11 is 8.79. The Morgan fingerprint density at radius 1 is 0.862 bits per heavy atom. The molecule has 3 aliphatic rings. The highest BCUT2D eigenvalue weighted by Crippen LogP contribution is 2.55. The van der Waals surface area contributed by atoms with Gasteiger partial charge in [0.2, 0.25) is 0 Å². The standard InChI is InChI=1S/C24H34Br2O2S/c1-3-5-7-9-11-15-13-17-18(14-16(15)12-10-8-6-4-2)22(28)20-19(21(17)27)23(25)29-24(20)26/h17-19,23H,3-14H2,1-2H3. The van der Waals surface area contributed by atoms with Crippen molar-refractivity contribution < 1.29 is 9.59 Å². The summed E-state index contributed by atoms with van der Waals surface area (Å²) in [6, 6.07) is 0. The molecule has 0 saturated heterocycles. The van der Waals surface area contributed by atoms with Crippen LogP contribution in [-0.2, 0) is 9.59 Å². The summed E-state index contributed by atoms with van der Waals surface area (Å²) in [6.07, 6.45) is 13.9. The number of halogens is 2. The van der Waals surface area contributed by atoms with Crippen LogP contribution in [0.5, 0.6) is 0 Å². The second-order valence-electron chi connectivity index (χ2n) is 8.85. The van der Waals surface area contributed by atoms with E-state index in [2.05, 4.69) is 45.7 Å². The zero-order valence-electron chi connectivity index (χ0n) is 17.8. The van der Waals surface area contributed by atoms with Crippen molar-refractivity contribution in [1.29, 1.82) is 0 Å². The van der Waals surface area contributed by atoms with E-state index in [0.717, 1.165) is 35.1 Å². The molecule has 0 spiro atoms. The number of allylic oxidation sites excluding steroid dienone is 3. The normalized spacial score (nSPS) is 29.5. The lowest BCUT2D eigenvalue weighted by molar-refractivity contribution is -0.137. The van der Waals surface area contributed by atoms with Gasteiger partial charge < -0.3 is 0 Å². The molecule has 0 amide bonds. The highest BCUT2D eigenvalue weighted by atomic mass is 79.9. The van der Waals surface area contributed by atoms with E-state index in [0.29, 0.717) is 5.78 Å². The zero-order valence-corrected chi connectivity index (χ0v) is 21.8. The predicted octanol–water partition coefficient (Wildman–Crippen LogP) is 8.09. The third-order valence-corrected chi connectivity index (χ3v) is 9.86. The van der Waals surface area contributed by atoms with Crippen molar-refractivity contribution in [2.24, 2.45) is 17.8 Å². The molecule has 4 unspecified atom stereocenters. The molecule has 0 N–H and O–H groups in total. The number of ketones is 2. The molecule has 5 heteroatoms. The number of rotatable bonds is 10. The molecule has 162 valence electrons. The van der Waals surface area contributed by atoms with Crippen molar-refractivity contribution in [2.45, 2.75) is 95.1 Å². The maximum absolute atomic E-state index is 13.4. The summed E-state index contributed by atoms with van der Waals surface area (Å²) in [5.41, 5.74) is 3.78. The van der Waals surface area contributed by atoms with Crippen LogP contribution in [0.25, 0.3) is 0 Å². The fourth-order valence-corrected chi connectivity index (χ4v) is 9.04.